The number of hydrogen-bond acceptors (Lipinski definition) is 4. The third-order valence-corrected chi connectivity index (χ3v) is 6.67. The van der Waals surface area contributed by atoms with Crippen LogP contribution in [0.15, 0.2) is 48.5 Å². The Morgan fingerprint density at radius 3 is 2.24 bits per heavy atom. The van der Waals surface area contributed by atoms with Crippen LogP contribution in [0.2, 0.25) is 0 Å². The van der Waals surface area contributed by atoms with Gasteiger partial charge in [0.05, 0.1) is 0 Å². The molecule has 0 saturated heterocycles. The number of benzene rings is 2. The lowest BCUT2D eigenvalue weighted by atomic mass is 9.98. The van der Waals surface area contributed by atoms with Gasteiger partial charge < -0.3 is 20.1 Å². The molecule has 4 rings (SSSR count). The Morgan fingerprint density at radius 1 is 1.03 bits per heavy atom. The number of carbonyl (C=O) groups is 3. The minimum Gasteiger partial charge on any atom is -0.480 e. The molecule has 2 aliphatic carbocycles. The molecule has 2 aromatic carbocycles. The molecule has 7 nitrogen and oxygen atoms in total. The second-order valence-electron chi connectivity index (χ2n) is 9.68. The van der Waals surface area contributed by atoms with Crippen LogP contribution in [0.3, 0.4) is 0 Å². The number of nitrogens with zero attached hydrogens (tertiary/aromatic N) is 1. The Morgan fingerprint density at radius 2 is 1.65 bits per heavy atom. The van der Waals surface area contributed by atoms with Gasteiger partial charge in [-0.2, -0.15) is 0 Å². The van der Waals surface area contributed by atoms with E-state index in [4.69, 9.17) is 9.84 Å². The third kappa shape index (κ3) is 5.24. The maximum atomic E-state index is 12.9. The summed E-state index contributed by atoms with van der Waals surface area (Å²) in [5, 5.41) is 12.1. The summed E-state index contributed by atoms with van der Waals surface area (Å²) >= 11 is 0. The lowest BCUT2D eigenvalue weighted by molar-refractivity contribution is -0.146. The van der Waals surface area contributed by atoms with Crippen molar-refractivity contribution >= 4 is 18.0 Å². The molecule has 2 amide bonds. The minimum atomic E-state index is -1.01. The van der Waals surface area contributed by atoms with E-state index in [0.29, 0.717) is 25.8 Å². The molecule has 7 heteroatoms. The second kappa shape index (κ2) is 10.3. The molecule has 0 heterocycles. The zero-order chi connectivity index (χ0) is 24.2. The maximum absolute atomic E-state index is 12.9. The fourth-order valence-corrected chi connectivity index (χ4v) is 5.24. The molecule has 2 atom stereocenters. The minimum absolute atomic E-state index is 0.00309. The monoisotopic (exact) mass is 464 g/mol. The van der Waals surface area contributed by atoms with Crippen molar-refractivity contribution in [3.63, 3.8) is 0 Å². The molecule has 1 saturated carbocycles. The van der Waals surface area contributed by atoms with Crippen molar-refractivity contribution in [1.29, 1.82) is 0 Å². The summed E-state index contributed by atoms with van der Waals surface area (Å²) in [5.41, 5.74) is 4.67. The summed E-state index contributed by atoms with van der Waals surface area (Å²) in [4.78, 5) is 38.1. The molecule has 0 aliphatic heterocycles. The van der Waals surface area contributed by atoms with Crippen LogP contribution in [-0.4, -0.2) is 53.7 Å². The van der Waals surface area contributed by atoms with Crippen LogP contribution in [-0.2, 0) is 14.3 Å². The number of amides is 2. The van der Waals surface area contributed by atoms with Crippen molar-refractivity contribution in [3.8, 4) is 11.1 Å². The van der Waals surface area contributed by atoms with Crippen LogP contribution in [0.4, 0.5) is 4.79 Å². The number of carboxylic acids is 1. The van der Waals surface area contributed by atoms with E-state index in [9.17, 15) is 14.4 Å². The molecule has 1 fully saturated rings. The van der Waals surface area contributed by atoms with E-state index in [1.54, 1.807) is 0 Å². The van der Waals surface area contributed by atoms with Gasteiger partial charge in [0, 0.05) is 24.4 Å². The van der Waals surface area contributed by atoms with Gasteiger partial charge in [0.1, 0.15) is 13.2 Å². The Balaban J connectivity index is 1.32. The highest BCUT2D eigenvalue weighted by Crippen LogP contribution is 2.44. The Hall–Kier alpha value is -3.35. The van der Waals surface area contributed by atoms with E-state index in [-0.39, 0.29) is 42.9 Å². The van der Waals surface area contributed by atoms with Gasteiger partial charge in [-0.3, -0.25) is 9.59 Å². The fourth-order valence-electron chi connectivity index (χ4n) is 5.24. The fraction of sp³-hybridized carbons (Fsp3) is 0.444. The Labute approximate surface area is 200 Å². The predicted molar refractivity (Wildman–Crippen MR) is 128 cm³/mol. The van der Waals surface area contributed by atoms with Crippen molar-refractivity contribution in [1.82, 2.24) is 10.2 Å². The largest absolute Gasteiger partial charge is 0.480 e. The zero-order valence-corrected chi connectivity index (χ0v) is 19.7. The van der Waals surface area contributed by atoms with Gasteiger partial charge in [0.2, 0.25) is 5.91 Å². The molecule has 2 aliphatic rings. The predicted octanol–water partition coefficient (Wildman–Crippen LogP) is 4.26. The molecule has 0 radical (unpaired) electrons. The van der Waals surface area contributed by atoms with Gasteiger partial charge in [0.15, 0.2) is 0 Å². The molecule has 34 heavy (non-hydrogen) atoms. The van der Waals surface area contributed by atoms with Crippen LogP contribution in [0.25, 0.3) is 11.1 Å². The van der Waals surface area contributed by atoms with Crippen LogP contribution in [0.1, 0.15) is 50.2 Å². The number of aliphatic carboxylic acids is 1. The SMILES string of the molecule is CC(C)CN(CC(=O)O)C(=O)[C@H]1CC[C@@H](NC(=O)OCC2c3ccccc3-c3ccccc32)C1. The summed E-state index contributed by atoms with van der Waals surface area (Å²) in [6.45, 7) is 4.27. The average Bonchev–Trinajstić information content (AvgIpc) is 3.39. The highest BCUT2D eigenvalue weighted by molar-refractivity contribution is 5.83. The summed E-state index contributed by atoms with van der Waals surface area (Å²) in [5.74, 6) is -1.26. The highest BCUT2D eigenvalue weighted by Gasteiger charge is 2.35. The molecule has 2 aromatic rings. The number of ether oxygens (including phenoxy) is 1. The summed E-state index contributed by atoms with van der Waals surface area (Å²) in [6, 6.07) is 16.2. The number of nitrogens with one attached hydrogen (secondary N) is 1. The zero-order valence-electron chi connectivity index (χ0n) is 19.7. The van der Waals surface area contributed by atoms with E-state index in [2.05, 4.69) is 29.6 Å². The van der Waals surface area contributed by atoms with Crippen molar-refractivity contribution in [2.24, 2.45) is 11.8 Å². The molecule has 0 aromatic heterocycles. The number of hydrogen-bond donors (Lipinski definition) is 2. The lowest BCUT2D eigenvalue weighted by Gasteiger charge is -2.25. The highest BCUT2D eigenvalue weighted by atomic mass is 16.5. The number of alkyl carbamates (subject to hydrolysis) is 1. The number of rotatable bonds is 8. The molecule has 180 valence electrons. The van der Waals surface area contributed by atoms with Gasteiger partial charge in [-0.05, 0) is 47.4 Å². The van der Waals surface area contributed by atoms with Crippen LogP contribution in [0.5, 0.6) is 0 Å². The van der Waals surface area contributed by atoms with Gasteiger partial charge in [-0.25, -0.2) is 4.79 Å². The van der Waals surface area contributed by atoms with E-state index in [1.165, 1.54) is 16.0 Å². The lowest BCUT2D eigenvalue weighted by Crippen LogP contribution is -2.42. The Bertz CT molecular complexity index is 1020. The molecule has 0 spiro atoms. The molecule has 2 N–H and O–H groups in total. The first-order chi connectivity index (χ1) is 16.3. The normalized spacial score (nSPS) is 18.9. The van der Waals surface area contributed by atoms with Gasteiger partial charge >= 0.3 is 12.1 Å². The maximum Gasteiger partial charge on any atom is 0.407 e. The summed E-state index contributed by atoms with van der Waals surface area (Å²) in [7, 11) is 0. The summed E-state index contributed by atoms with van der Waals surface area (Å²) < 4.78 is 5.63. The van der Waals surface area contributed by atoms with E-state index in [0.717, 1.165) is 11.1 Å². The van der Waals surface area contributed by atoms with E-state index < -0.39 is 12.1 Å². The van der Waals surface area contributed by atoms with Gasteiger partial charge in [0.25, 0.3) is 0 Å². The molecular weight excluding hydrogens is 432 g/mol. The van der Waals surface area contributed by atoms with Crippen LogP contribution in [0, 0.1) is 11.8 Å². The van der Waals surface area contributed by atoms with Crippen molar-refractivity contribution in [3.05, 3.63) is 59.7 Å². The van der Waals surface area contributed by atoms with Crippen LogP contribution < -0.4 is 5.32 Å². The van der Waals surface area contributed by atoms with Crippen LogP contribution >= 0.6 is 0 Å². The van der Waals surface area contributed by atoms with E-state index in [1.807, 2.05) is 38.1 Å². The first-order valence-corrected chi connectivity index (χ1v) is 12.0. The topological polar surface area (TPSA) is 95.9 Å². The average molecular weight is 465 g/mol. The van der Waals surface area contributed by atoms with Gasteiger partial charge in [-0.1, -0.05) is 62.4 Å². The van der Waals surface area contributed by atoms with Crippen molar-refractivity contribution < 1.29 is 24.2 Å². The van der Waals surface area contributed by atoms with Crippen molar-refractivity contribution in [2.45, 2.75) is 45.1 Å². The third-order valence-electron chi connectivity index (χ3n) is 6.67. The molecular formula is C27H32N2O5. The first-order valence-electron chi connectivity index (χ1n) is 12.0. The standard InChI is InChI=1S/C27H32N2O5/c1-17(2)14-29(15-25(30)31)26(32)18-11-12-19(13-18)28-27(33)34-16-24-22-9-5-3-7-20(22)21-8-4-6-10-23(21)24/h3-10,17-19,24H,11-16H2,1-2H3,(H,28,33)(H,30,31)/t18-,19+/m0/s1. The quantitative estimate of drug-likeness (QED) is 0.609. The number of fused-ring (bicyclic) bond motifs is 3. The number of carbonyl (C=O) groups excluding carboxylic acids is 2. The second-order valence-corrected chi connectivity index (χ2v) is 9.68. The molecule has 0 bridgehead atoms. The number of carboxylic acid groups (broad SMARTS) is 1. The van der Waals surface area contributed by atoms with E-state index >= 15 is 0 Å². The smallest absolute Gasteiger partial charge is 0.407 e. The van der Waals surface area contributed by atoms with Gasteiger partial charge in [-0.15, -0.1) is 0 Å². The first kappa shape index (κ1) is 23.8. The molecule has 0 unspecified atom stereocenters. The Kier molecular flexibility index (Phi) is 7.20. The van der Waals surface area contributed by atoms with Crippen molar-refractivity contribution in [2.75, 3.05) is 19.7 Å². The summed E-state index contributed by atoms with van der Waals surface area (Å²) in [6.07, 6.45) is 1.31.